The molecule has 8 heteroatoms. The Morgan fingerprint density at radius 1 is 1.03 bits per heavy atom. The van der Waals surface area contributed by atoms with Crippen LogP contribution in [0.1, 0.15) is 34.6 Å². The van der Waals surface area contributed by atoms with E-state index in [0.717, 1.165) is 4.90 Å². The van der Waals surface area contributed by atoms with Gasteiger partial charge in [-0.3, -0.25) is 28.9 Å². The standard InChI is InChI=1S/C21H18N2O6/c1-12(24)14-7-3-5-9-16(14)22-20(27)13(2)29-18(25)11-23-17-10-6-4-8-15(17)19(26)21(23)28/h3-10,13H,11H2,1-2H3,(H,22,27)/t13-/m0/s1. The van der Waals surface area contributed by atoms with E-state index in [9.17, 15) is 24.0 Å². The summed E-state index contributed by atoms with van der Waals surface area (Å²) in [5.41, 5.74) is 1.18. The molecule has 0 aromatic heterocycles. The zero-order valence-electron chi connectivity index (χ0n) is 15.8. The molecule has 148 valence electrons. The van der Waals surface area contributed by atoms with Gasteiger partial charge in [-0.25, -0.2) is 0 Å². The lowest BCUT2D eigenvalue weighted by atomic mass is 10.1. The van der Waals surface area contributed by atoms with Crippen molar-refractivity contribution in [2.75, 3.05) is 16.8 Å². The van der Waals surface area contributed by atoms with Crippen molar-refractivity contribution in [2.24, 2.45) is 0 Å². The molecule has 8 nitrogen and oxygen atoms in total. The van der Waals surface area contributed by atoms with Crippen molar-refractivity contribution in [3.05, 3.63) is 59.7 Å². The Morgan fingerprint density at radius 2 is 1.69 bits per heavy atom. The van der Waals surface area contributed by atoms with Gasteiger partial charge in [-0.1, -0.05) is 24.3 Å². The van der Waals surface area contributed by atoms with E-state index in [1.54, 1.807) is 42.5 Å². The maximum atomic E-state index is 12.3. The molecule has 0 fully saturated rings. The van der Waals surface area contributed by atoms with E-state index in [4.69, 9.17) is 4.74 Å². The van der Waals surface area contributed by atoms with Crippen LogP contribution in [-0.4, -0.2) is 42.0 Å². The molecule has 0 unspecified atom stereocenters. The number of fused-ring (bicyclic) bond motifs is 1. The number of rotatable bonds is 6. The molecule has 2 aromatic rings. The first kappa shape index (κ1) is 19.9. The van der Waals surface area contributed by atoms with Crippen molar-refractivity contribution in [3.63, 3.8) is 0 Å². The number of para-hydroxylation sites is 2. The Kier molecular flexibility index (Phi) is 5.54. The molecule has 0 spiro atoms. The van der Waals surface area contributed by atoms with Gasteiger partial charge in [0.2, 0.25) is 0 Å². The summed E-state index contributed by atoms with van der Waals surface area (Å²) in [6, 6.07) is 12.8. The van der Waals surface area contributed by atoms with Gasteiger partial charge in [0.1, 0.15) is 6.54 Å². The smallest absolute Gasteiger partial charge is 0.326 e. The maximum Gasteiger partial charge on any atom is 0.326 e. The quantitative estimate of drug-likeness (QED) is 0.456. The van der Waals surface area contributed by atoms with Gasteiger partial charge in [0.25, 0.3) is 17.6 Å². The normalized spacial score (nSPS) is 13.7. The third-order valence-electron chi connectivity index (χ3n) is 4.41. The highest BCUT2D eigenvalue weighted by Gasteiger charge is 2.37. The molecule has 1 aliphatic heterocycles. The van der Waals surface area contributed by atoms with Gasteiger partial charge in [-0.15, -0.1) is 0 Å². The van der Waals surface area contributed by atoms with Crippen LogP contribution in [0, 0.1) is 0 Å². The van der Waals surface area contributed by atoms with E-state index in [0.29, 0.717) is 16.9 Å². The molecule has 0 radical (unpaired) electrons. The highest BCUT2D eigenvalue weighted by atomic mass is 16.5. The zero-order chi connectivity index (χ0) is 21.1. The number of ether oxygens (including phenoxy) is 1. The third kappa shape index (κ3) is 4.06. The molecule has 0 saturated heterocycles. The lowest BCUT2D eigenvalue weighted by Crippen LogP contribution is -2.38. The summed E-state index contributed by atoms with van der Waals surface area (Å²) in [4.78, 5) is 61.3. The molecule has 0 aliphatic carbocycles. The first-order valence-electron chi connectivity index (χ1n) is 8.85. The average molecular weight is 394 g/mol. The lowest BCUT2D eigenvalue weighted by Gasteiger charge is -2.18. The van der Waals surface area contributed by atoms with E-state index in [-0.39, 0.29) is 11.3 Å². The van der Waals surface area contributed by atoms with E-state index in [1.807, 2.05) is 0 Å². The van der Waals surface area contributed by atoms with Gasteiger partial charge in [0, 0.05) is 5.56 Å². The largest absolute Gasteiger partial charge is 0.451 e. The van der Waals surface area contributed by atoms with Crippen molar-refractivity contribution in [1.29, 1.82) is 0 Å². The SMILES string of the molecule is CC(=O)c1ccccc1NC(=O)[C@H](C)OC(=O)CN1C(=O)C(=O)c2ccccc21. The number of benzene rings is 2. The zero-order valence-corrected chi connectivity index (χ0v) is 15.8. The van der Waals surface area contributed by atoms with Crippen LogP contribution in [0.2, 0.25) is 0 Å². The van der Waals surface area contributed by atoms with Gasteiger partial charge in [-0.2, -0.15) is 0 Å². The molecule has 2 amide bonds. The van der Waals surface area contributed by atoms with Crippen LogP contribution < -0.4 is 10.2 Å². The van der Waals surface area contributed by atoms with Crippen LogP contribution in [0.5, 0.6) is 0 Å². The van der Waals surface area contributed by atoms with Crippen LogP contribution in [0.15, 0.2) is 48.5 Å². The van der Waals surface area contributed by atoms with Crippen LogP contribution in [-0.2, 0) is 19.1 Å². The van der Waals surface area contributed by atoms with Gasteiger partial charge < -0.3 is 10.1 Å². The molecular formula is C21H18N2O6. The molecule has 1 heterocycles. The number of ketones is 2. The molecule has 29 heavy (non-hydrogen) atoms. The topological polar surface area (TPSA) is 110 Å². The van der Waals surface area contributed by atoms with Gasteiger partial charge in [-0.05, 0) is 38.1 Å². The lowest BCUT2D eigenvalue weighted by molar-refractivity contribution is -0.152. The summed E-state index contributed by atoms with van der Waals surface area (Å²) in [5, 5.41) is 2.55. The number of esters is 1. The van der Waals surface area contributed by atoms with E-state index in [2.05, 4.69) is 5.32 Å². The maximum absolute atomic E-state index is 12.3. The van der Waals surface area contributed by atoms with Crippen LogP contribution >= 0.6 is 0 Å². The molecule has 1 N–H and O–H groups in total. The van der Waals surface area contributed by atoms with Crippen LogP contribution in [0.4, 0.5) is 11.4 Å². The fourth-order valence-corrected chi connectivity index (χ4v) is 2.96. The summed E-state index contributed by atoms with van der Waals surface area (Å²) >= 11 is 0. The second-order valence-electron chi connectivity index (χ2n) is 6.46. The van der Waals surface area contributed by atoms with E-state index < -0.39 is 36.2 Å². The molecule has 0 bridgehead atoms. The van der Waals surface area contributed by atoms with Crippen molar-refractivity contribution in [2.45, 2.75) is 20.0 Å². The number of nitrogens with one attached hydrogen (secondary N) is 1. The second-order valence-corrected chi connectivity index (χ2v) is 6.46. The number of nitrogens with zero attached hydrogens (tertiary/aromatic N) is 1. The van der Waals surface area contributed by atoms with Crippen molar-refractivity contribution in [1.82, 2.24) is 0 Å². The predicted octanol–water partition coefficient (Wildman–Crippen LogP) is 1.99. The summed E-state index contributed by atoms with van der Waals surface area (Å²) in [7, 11) is 0. The minimum atomic E-state index is -1.17. The Labute approximate surface area is 166 Å². The number of amides is 2. The van der Waals surface area contributed by atoms with E-state index >= 15 is 0 Å². The highest BCUT2D eigenvalue weighted by Crippen LogP contribution is 2.28. The molecule has 3 rings (SSSR count). The molecule has 0 saturated carbocycles. The molecule has 2 aromatic carbocycles. The van der Waals surface area contributed by atoms with Crippen molar-refractivity contribution >= 4 is 40.7 Å². The average Bonchev–Trinajstić information content (AvgIpc) is 2.93. The minimum absolute atomic E-state index is 0.219. The monoisotopic (exact) mass is 394 g/mol. The van der Waals surface area contributed by atoms with Gasteiger partial charge in [0.15, 0.2) is 11.9 Å². The number of Topliss-reactive ketones (excluding diaryl/α,β-unsaturated/α-hetero) is 2. The van der Waals surface area contributed by atoms with Gasteiger partial charge in [0.05, 0.1) is 16.9 Å². The molecule has 1 atom stereocenters. The number of carbonyl (C=O) groups is 5. The summed E-state index contributed by atoms with van der Waals surface area (Å²) in [6.07, 6.45) is -1.17. The first-order valence-corrected chi connectivity index (χ1v) is 8.85. The minimum Gasteiger partial charge on any atom is -0.451 e. The van der Waals surface area contributed by atoms with E-state index in [1.165, 1.54) is 19.9 Å². The van der Waals surface area contributed by atoms with Crippen molar-refractivity contribution in [3.8, 4) is 0 Å². The Bertz CT molecular complexity index is 1030. The Morgan fingerprint density at radius 3 is 2.41 bits per heavy atom. The summed E-state index contributed by atoms with van der Waals surface area (Å²) < 4.78 is 5.10. The molecule has 1 aliphatic rings. The fraction of sp³-hybridized carbons (Fsp3) is 0.190. The first-order chi connectivity index (χ1) is 13.8. The fourth-order valence-electron chi connectivity index (χ4n) is 2.96. The highest BCUT2D eigenvalue weighted by molar-refractivity contribution is 6.52. The molecular weight excluding hydrogens is 376 g/mol. The van der Waals surface area contributed by atoms with Crippen LogP contribution in [0.25, 0.3) is 0 Å². The second kappa shape index (κ2) is 8.05. The third-order valence-corrected chi connectivity index (χ3v) is 4.41. The van der Waals surface area contributed by atoms with Crippen LogP contribution in [0.3, 0.4) is 0 Å². The number of carbonyl (C=O) groups excluding carboxylic acids is 5. The summed E-state index contributed by atoms with van der Waals surface area (Å²) in [5.74, 6) is -3.21. The number of anilines is 2. The van der Waals surface area contributed by atoms with Crippen molar-refractivity contribution < 1.29 is 28.7 Å². The van der Waals surface area contributed by atoms with Gasteiger partial charge >= 0.3 is 5.97 Å². The number of hydrogen-bond acceptors (Lipinski definition) is 6. The Balaban J connectivity index is 1.64. The predicted molar refractivity (Wildman–Crippen MR) is 104 cm³/mol. The number of hydrogen-bond donors (Lipinski definition) is 1. The summed E-state index contributed by atoms with van der Waals surface area (Å²) in [6.45, 7) is 2.25. The Hall–Kier alpha value is -3.81.